The second kappa shape index (κ2) is 11.2. The predicted molar refractivity (Wildman–Crippen MR) is 156 cm³/mol. The summed E-state index contributed by atoms with van der Waals surface area (Å²) < 4.78 is 7.27. The zero-order valence-electron chi connectivity index (χ0n) is 22.1. The van der Waals surface area contributed by atoms with Gasteiger partial charge in [0.2, 0.25) is 0 Å². The van der Waals surface area contributed by atoms with Gasteiger partial charge in [-0.15, -0.1) is 11.8 Å². The van der Waals surface area contributed by atoms with Gasteiger partial charge in [-0.05, 0) is 43.4 Å². The molecule has 0 fully saturated rings. The van der Waals surface area contributed by atoms with E-state index < -0.39 is 12.0 Å². The van der Waals surface area contributed by atoms with Crippen molar-refractivity contribution in [3.05, 3.63) is 103 Å². The van der Waals surface area contributed by atoms with Gasteiger partial charge in [-0.3, -0.25) is 14.2 Å². The van der Waals surface area contributed by atoms with Crippen molar-refractivity contribution in [2.45, 2.75) is 37.6 Å². The molecular weight excluding hydrogens is 530 g/mol. The lowest BCUT2D eigenvalue weighted by Crippen LogP contribution is -2.41. The first kappa shape index (κ1) is 26.9. The van der Waals surface area contributed by atoms with Crippen molar-refractivity contribution in [3.8, 4) is 0 Å². The van der Waals surface area contributed by atoms with Crippen LogP contribution in [0.5, 0.6) is 0 Å². The minimum Gasteiger partial charge on any atom is -0.458 e. The summed E-state index contributed by atoms with van der Waals surface area (Å²) >= 11 is 2.79. The molecule has 0 bridgehead atoms. The summed E-state index contributed by atoms with van der Waals surface area (Å²) in [4.78, 5) is 49.1. The predicted octanol–water partition coefficient (Wildman–Crippen LogP) is 4.20. The number of amides is 1. The summed E-state index contributed by atoms with van der Waals surface area (Å²) in [7, 11) is 0. The SMILES string of the molecule is C=CCOC(=O)C1=C(C)N=c2sc(=C3C(=O)N(CCCC)c4ccccc43)c(=O)n2C1c1ccc(SC)cc1. The summed E-state index contributed by atoms with van der Waals surface area (Å²) in [5, 5.41) is 0. The number of fused-ring (bicyclic) bond motifs is 2. The first-order valence-corrected chi connectivity index (χ1v) is 14.8. The van der Waals surface area contributed by atoms with E-state index in [1.165, 1.54) is 22.0 Å². The molecule has 0 N–H and O–H groups in total. The molecule has 7 nitrogen and oxygen atoms in total. The number of thioether (sulfide) groups is 1. The maximum Gasteiger partial charge on any atom is 0.338 e. The van der Waals surface area contributed by atoms with Gasteiger partial charge in [-0.2, -0.15) is 0 Å². The standard InChI is InChI=1S/C30H29N3O4S2/c1-5-7-16-32-22-11-9-8-10-21(22)24(27(32)34)26-28(35)33-25(19-12-14-20(38-4)15-13-19)23(29(36)37-17-6-2)18(3)31-30(33)39-26/h6,8-15,25H,2,5,7,16-17H2,1,3-4H3. The van der Waals surface area contributed by atoms with Gasteiger partial charge < -0.3 is 9.64 Å². The van der Waals surface area contributed by atoms with Gasteiger partial charge in [-0.25, -0.2) is 9.79 Å². The van der Waals surface area contributed by atoms with Crippen LogP contribution in [0.4, 0.5) is 5.69 Å². The number of carbonyl (C=O) groups is 2. The third-order valence-corrected chi connectivity index (χ3v) is 8.66. The Kier molecular flexibility index (Phi) is 7.72. The number of esters is 1. The minimum atomic E-state index is -0.744. The van der Waals surface area contributed by atoms with Crippen LogP contribution in [0.1, 0.15) is 43.9 Å². The molecule has 0 aliphatic carbocycles. The molecule has 0 spiro atoms. The van der Waals surface area contributed by atoms with Gasteiger partial charge in [0.1, 0.15) is 11.1 Å². The Labute approximate surface area is 234 Å². The molecule has 2 aliphatic rings. The molecule has 3 aromatic rings. The maximum absolute atomic E-state index is 14.2. The largest absolute Gasteiger partial charge is 0.458 e. The van der Waals surface area contributed by atoms with Gasteiger partial charge in [0.15, 0.2) is 4.80 Å². The monoisotopic (exact) mass is 559 g/mol. The van der Waals surface area contributed by atoms with Crippen molar-refractivity contribution in [2.75, 3.05) is 24.3 Å². The van der Waals surface area contributed by atoms with Gasteiger partial charge in [0, 0.05) is 17.0 Å². The molecule has 1 atom stereocenters. The number of para-hydroxylation sites is 1. The lowest BCUT2D eigenvalue weighted by atomic mass is 9.96. The molecular formula is C30H29N3O4S2. The lowest BCUT2D eigenvalue weighted by molar-refractivity contribution is -0.138. The van der Waals surface area contributed by atoms with Crippen molar-refractivity contribution < 1.29 is 14.3 Å². The molecule has 0 radical (unpaired) electrons. The van der Waals surface area contributed by atoms with E-state index in [9.17, 15) is 14.4 Å². The normalized spacial score (nSPS) is 17.6. The number of hydrogen-bond donors (Lipinski definition) is 0. The van der Waals surface area contributed by atoms with Crippen LogP contribution in [0.2, 0.25) is 0 Å². The summed E-state index contributed by atoms with van der Waals surface area (Å²) in [6.45, 7) is 8.08. The van der Waals surface area contributed by atoms with E-state index in [0.29, 0.717) is 32.7 Å². The van der Waals surface area contributed by atoms with Crippen LogP contribution in [0.15, 0.2) is 87.1 Å². The zero-order valence-corrected chi connectivity index (χ0v) is 23.7. The molecule has 2 aromatic carbocycles. The van der Waals surface area contributed by atoms with E-state index >= 15 is 0 Å². The number of thiazole rings is 1. The summed E-state index contributed by atoms with van der Waals surface area (Å²) in [5.41, 5.74) is 3.11. The molecule has 0 saturated carbocycles. The maximum atomic E-state index is 14.2. The van der Waals surface area contributed by atoms with Gasteiger partial charge in [0.25, 0.3) is 11.5 Å². The Morgan fingerprint density at radius 3 is 2.62 bits per heavy atom. The van der Waals surface area contributed by atoms with E-state index in [1.807, 2.05) is 54.8 Å². The second-order valence-corrected chi connectivity index (χ2v) is 11.1. The number of rotatable bonds is 8. The number of ether oxygens (including phenoxy) is 1. The van der Waals surface area contributed by atoms with Crippen LogP contribution in [0.3, 0.4) is 0 Å². The Hall–Kier alpha value is -3.69. The Balaban J connectivity index is 1.76. The van der Waals surface area contributed by atoms with Gasteiger partial charge in [0.05, 0.1) is 28.6 Å². The highest BCUT2D eigenvalue weighted by Crippen LogP contribution is 2.36. The third kappa shape index (κ3) is 4.70. The number of anilines is 1. The van der Waals surface area contributed by atoms with Crippen LogP contribution in [0, 0.1) is 0 Å². The van der Waals surface area contributed by atoms with Crippen molar-refractivity contribution in [2.24, 2.45) is 4.99 Å². The summed E-state index contributed by atoms with van der Waals surface area (Å²) in [5.74, 6) is -0.738. The van der Waals surface area contributed by atoms with Crippen LogP contribution >= 0.6 is 23.1 Å². The van der Waals surface area contributed by atoms with E-state index in [4.69, 9.17) is 4.74 Å². The molecule has 1 amide bonds. The van der Waals surface area contributed by atoms with Crippen molar-refractivity contribution in [1.82, 2.24) is 4.57 Å². The average Bonchev–Trinajstić information content (AvgIpc) is 3.41. The fourth-order valence-corrected chi connectivity index (χ4v) is 6.53. The zero-order chi connectivity index (χ0) is 27.7. The molecule has 200 valence electrons. The first-order valence-electron chi connectivity index (χ1n) is 12.8. The molecule has 3 heterocycles. The number of nitrogens with zero attached hydrogens (tertiary/aromatic N) is 3. The van der Waals surface area contributed by atoms with Crippen molar-refractivity contribution in [3.63, 3.8) is 0 Å². The molecule has 1 unspecified atom stereocenters. The molecule has 0 saturated heterocycles. The average molecular weight is 560 g/mol. The van der Waals surface area contributed by atoms with Gasteiger partial charge >= 0.3 is 5.97 Å². The molecule has 9 heteroatoms. The van der Waals surface area contributed by atoms with Crippen LogP contribution in [-0.4, -0.2) is 35.9 Å². The van der Waals surface area contributed by atoms with Crippen LogP contribution in [0.25, 0.3) is 5.57 Å². The highest BCUT2D eigenvalue weighted by atomic mass is 32.2. The van der Waals surface area contributed by atoms with Crippen LogP contribution < -0.4 is 19.8 Å². The fraction of sp³-hybridized carbons (Fsp3) is 0.267. The first-order chi connectivity index (χ1) is 18.9. The number of aromatic nitrogens is 1. The molecule has 39 heavy (non-hydrogen) atoms. The van der Waals surface area contributed by atoms with Crippen molar-refractivity contribution >= 4 is 46.2 Å². The van der Waals surface area contributed by atoms with E-state index in [0.717, 1.165) is 34.6 Å². The Morgan fingerprint density at radius 1 is 1.18 bits per heavy atom. The van der Waals surface area contributed by atoms with E-state index in [2.05, 4.69) is 18.5 Å². The molecule has 2 aliphatic heterocycles. The van der Waals surface area contributed by atoms with Crippen molar-refractivity contribution in [1.29, 1.82) is 0 Å². The number of unbranched alkanes of at least 4 members (excludes halogenated alkanes) is 1. The van der Waals surface area contributed by atoms with E-state index in [-0.39, 0.29) is 18.1 Å². The third-order valence-electron chi connectivity index (χ3n) is 6.87. The minimum absolute atomic E-state index is 0.0429. The summed E-state index contributed by atoms with van der Waals surface area (Å²) in [6.07, 6.45) is 5.29. The number of allylic oxidation sites excluding steroid dienone is 1. The Morgan fingerprint density at radius 2 is 1.92 bits per heavy atom. The molecule has 5 rings (SSSR count). The number of benzene rings is 2. The van der Waals surface area contributed by atoms with Crippen LogP contribution in [-0.2, 0) is 14.3 Å². The highest BCUT2D eigenvalue weighted by molar-refractivity contribution is 7.98. The van der Waals surface area contributed by atoms with E-state index in [1.54, 1.807) is 23.6 Å². The smallest absolute Gasteiger partial charge is 0.338 e. The second-order valence-electron chi connectivity index (χ2n) is 9.27. The number of hydrogen-bond acceptors (Lipinski definition) is 7. The molecule has 1 aromatic heterocycles. The fourth-order valence-electron chi connectivity index (χ4n) is 4.98. The topological polar surface area (TPSA) is 81.0 Å². The Bertz CT molecular complexity index is 1680. The highest BCUT2D eigenvalue weighted by Gasteiger charge is 2.37. The van der Waals surface area contributed by atoms with Gasteiger partial charge in [-0.1, -0.05) is 67.7 Å². The quantitative estimate of drug-likeness (QED) is 0.235. The number of carbonyl (C=O) groups excluding carboxylic acids is 2. The summed E-state index contributed by atoms with van der Waals surface area (Å²) in [6, 6.07) is 14.6. The lowest BCUT2D eigenvalue weighted by Gasteiger charge is -2.24.